The van der Waals surface area contributed by atoms with Gasteiger partial charge in [-0.15, -0.1) is 0 Å². The van der Waals surface area contributed by atoms with Crippen LogP contribution in [0.5, 0.6) is 0 Å². The normalized spacial score (nSPS) is 21.5. The van der Waals surface area contributed by atoms with Gasteiger partial charge in [-0.25, -0.2) is 12.8 Å². The summed E-state index contributed by atoms with van der Waals surface area (Å²) < 4.78 is 44.7. The molecular weight excluding hydrogens is 341 g/mol. The zero-order valence-corrected chi connectivity index (χ0v) is 12.3. The first kappa shape index (κ1) is 14.9. The summed E-state index contributed by atoms with van der Waals surface area (Å²) >= 11 is 2.97. The van der Waals surface area contributed by atoms with Gasteiger partial charge in [0.2, 0.25) is 10.0 Å². The SMILES string of the molecule is O=S(=O)(c1ccc(Br)c(F)c1)N1CCOCC1CO. The second-order valence-corrected chi connectivity index (χ2v) is 6.85. The molecule has 0 aliphatic carbocycles. The van der Waals surface area contributed by atoms with Crippen LogP contribution in [-0.4, -0.2) is 50.2 Å². The predicted octanol–water partition coefficient (Wildman–Crippen LogP) is 0.970. The van der Waals surface area contributed by atoms with Gasteiger partial charge in [0.1, 0.15) is 5.82 Å². The van der Waals surface area contributed by atoms with E-state index >= 15 is 0 Å². The molecule has 1 saturated heterocycles. The number of nitrogens with zero attached hydrogens (tertiary/aromatic N) is 1. The molecule has 1 unspecified atom stereocenters. The standard InChI is InChI=1S/C11H13BrFNO4S/c12-10-2-1-9(5-11(10)13)19(16,17)14-3-4-18-7-8(14)6-15/h1-2,5,8,15H,3-4,6-7H2. The molecule has 2 rings (SSSR count). The average molecular weight is 354 g/mol. The van der Waals surface area contributed by atoms with Crippen LogP contribution < -0.4 is 0 Å². The first-order valence-corrected chi connectivity index (χ1v) is 7.85. The van der Waals surface area contributed by atoms with E-state index in [1.165, 1.54) is 12.1 Å². The lowest BCUT2D eigenvalue weighted by Crippen LogP contribution is -2.50. The fourth-order valence-corrected chi connectivity index (χ4v) is 3.72. The molecule has 19 heavy (non-hydrogen) atoms. The number of benzene rings is 1. The molecule has 0 aromatic heterocycles. The Morgan fingerprint density at radius 1 is 1.53 bits per heavy atom. The Morgan fingerprint density at radius 3 is 2.89 bits per heavy atom. The minimum atomic E-state index is -3.83. The maximum absolute atomic E-state index is 13.5. The van der Waals surface area contributed by atoms with Crippen LogP contribution >= 0.6 is 15.9 Å². The molecule has 0 spiro atoms. The topological polar surface area (TPSA) is 66.8 Å². The fourth-order valence-electron chi connectivity index (χ4n) is 1.87. The van der Waals surface area contributed by atoms with Gasteiger partial charge in [-0.05, 0) is 34.1 Å². The quantitative estimate of drug-likeness (QED) is 0.879. The first-order chi connectivity index (χ1) is 8.96. The van der Waals surface area contributed by atoms with Crippen LogP contribution in [0.1, 0.15) is 0 Å². The maximum Gasteiger partial charge on any atom is 0.243 e. The molecule has 1 N–H and O–H groups in total. The summed E-state index contributed by atoms with van der Waals surface area (Å²) in [5, 5.41) is 9.20. The Hall–Kier alpha value is -0.540. The number of hydrogen-bond donors (Lipinski definition) is 1. The molecule has 8 heteroatoms. The van der Waals surface area contributed by atoms with E-state index in [-0.39, 0.29) is 35.7 Å². The highest BCUT2D eigenvalue weighted by molar-refractivity contribution is 9.10. The lowest BCUT2D eigenvalue weighted by Gasteiger charge is -2.33. The van der Waals surface area contributed by atoms with Gasteiger partial charge in [0, 0.05) is 6.54 Å². The van der Waals surface area contributed by atoms with Crippen molar-refractivity contribution in [3.63, 3.8) is 0 Å². The second kappa shape index (κ2) is 5.84. The molecular formula is C11H13BrFNO4S. The van der Waals surface area contributed by atoms with E-state index in [4.69, 9.17) is 4.74 Å². The lowest BCUT2D eigenvalue weighted by molar-refractivity contribution is 0.0109. The zero-order valence-electron chi connectivity index (χ0n) is 9.92. The molecule has 1 aromatic rings. The van der Waals surface area contributed by atoms with Gasteiger partial charge in [-0.2, -0.15) is 4.31 Å². The highest BCUT2D eigenvalue weighted by atomic mass is 79.9. The highest BCUT2D eigenvalue weighted by Crippen LogP contribution is 2.24. The summed E-state index contributed by atoms with van der Waals surface area (Å²) in [6.07, 6.45) is 0. The van der Waals surface area contributed by atoms with Crippen molar-refractivity contribution in [2.75, 3.05) is 26.4 Å². The van der Waals surface area contributed by atoms with Crippen molar-refractivity contribution in [3.05, 3.63) is 28.5 Å². The third-order valence-corrected chi connectivity index (χ3v) is 5.47. The minimum Gasteiger partial charge on any atom is -0.395 e. The Bertz CT molecular complexity index is 566. The number of rotatable bonds is 3. The Morgan fingerprint density at radius 2 is 2.26 bits per heavy atom. The molecule has 1 aromatic carbocycles. The van der Waals surface area contributed by atoms with Crippen LogP contribution in [0.4, 0.5) is 4.39 Å². The molecule has 0 amide bonds. The molecule has 106 valence electrons. The van der Waals surface area contributed by atoms with Crippen molar-refractivity contribution in [1.29, 1.82) is 0 Å². The summed E-state index contributed by atoms with van der Waals surface area (Å²) in [7, 11) is -3.83. The largest absolute Gasteiger partial charge is 0.395 e. The predicted molar refractivity (Wildman–Crippen MR) is 69.7 cm³/mol. The highest BCUT2D eigenvalue weighted by Gasteiger charge is 2.33. The smallest absolute Gasteiger partial charge is 0.243 e. The maximum atomic E-state index is 13.5. The van der Waals surface area contributed by atoms with Crippen molar-refractivity contribution in [3.8, 4) is 0 Å². The van der Waals surface area contributed by atoms with Crippen LogP contribution in [0.2, 0.25) is 0 Å². The minimum absolute atomic E-state index is 0.131. The fraction of sp³-hybridized carbons (Fsp3) is 0.455. The number of ether oxygens (including phenoxy) is 1. The summed E-state index contributed by atoms with van der Waals surface area (Å²) in [5.41, 5.74) is 0. The van der Waals surface area contributed by atoms with E-state index < -0.39 is 21.9 Å². The number of aliphatic hydroxyl groups excluding tert-OH is 1. The van der Waals surface area contributed by atoms with Crippen LogP contribution in [-0.2, 0) is 14.8 Å². The molecule has 1 aliphatic heterocycles. The van der Waals surface area contributed by atoms with Gasteiger partial charge in [-0.1, -0.05) is 0 Å². The number of hydrogen-bond acceptors (Lipinski definition) is 4. The van der Waals surface area contributed by atoms with Crippen LogP contribution in [0.25, 0.3) is 0 Å². The number of morpholine rings is 1. The van der Waals surface area contributed by atoms with E-state index in [1.807, 2.05) is 0 Å². The van der Waals surface area contributed by atoms with Crippen LogP contribution in [0.3, 0.4) is 0 Å². The summed E-state index contributed by atoms with van der Waals surface area (Å²) in [6, 6.07) is 3.00. The van der Waals surface area contributed by atoms with Gasteiger partial charge < -0.3 is 9.84 Å². The Balaban J connectivity index is 2.37. The molecule has 0 radical (unpaired) electrons. The molecule has 1 atom stereocenters. The third-order valence-electron chi connectivity index (χ3n) is 2.88. The van der Waals surface area contributed by atoms with Gasteiger partial charge in [-0.3, -0.25) is 0 Å². The van der Waals surface area contributed by atoms with Crippen LogP contribution in [0.15, 0.2) is 27.6 Å². The lowest BCUT2D eigenvalue weighted by atomic mass is 10.3. The van der Waals surface area contributed by atoms with Gasteiger partial charge >= 0.3 is 0 Å². The van der Waals surface area contributed by atoms with E-state index in [0.717, 1.165) is 10.4 Å². The number of halogens is 2. The van der Waals surface area contributed by atoms with Crippen molar-refractivity contribution in [2.45, 2.75) is 10.9 Å². The summed E-state index contributed by atoms with van der Waals surface area (Å²) in [6.45, 7) is 0.201. The van der Waals surface area contributed by atoms with Crippen molar-refractivity contribution < 1.29 is 22.7 Å². The van der Waals surface area contributed by atoms with Gasteiger partial charge in [0.15, 0.2) is 0 Å². The summed E-state index contributed by atoms with van der Waals surface area (Å²) in [4.78, 5) is -0.131. The molecule has 0 bridgehead atoms. The molecule has 1 fully saturated rings. The Labute approximate surface area is 119 Å². The van der Waals surface area contributed by atoms with Crippen LogP contribution in [0, 0.1) is 5.82 Å². The average Bonchev–Trinajstić information content (AvgIpc) is 2.41. The molecule has 1 aliphatic rings. The third kappa shape index (κ3) is 2.97. The molecule has 1 heterocycles. The van der Waals surface area contributed by atoms with E-state index in [9.17, 15) is 17.9 Å². The first-order valence-electron chi connectivity index (χ1n) is 5.62. The Kier molecular flexibility index (Phi) is 4.57. The molecule has 5 nitrogen and oxygen atoms in total. The molecule has 0 saturated carbocycles. The van der Waals surface area contributed by atoms with Gasteiger partial charge in [0.25, 0.3) is 0 Å². The van der Waals surface area contributed by atoms with E-state index in [1.54, 1.807) is 0 Å². The van der Waals surface area contributed by atoms with E-state index in [0.29, 0.717) is 0 Å². The van der Waals surface area contributed by atoms with Gasteiger partial charge in [0.05, 0.1) is 35.2 Å². The van der Waals surface area contributed by atoms with Crippen molar-refractivity contribution in [1.82, 2.24) is 4.31 Å². The van der Waals surface area contributed by atoms with Crippen molar-refractivity contribution >= 4 is 26.0 Å². The van der Waals surface area contributed by atoms with E-state index in [2.05, 4.69) is 15.9 Å². The summed E-state index contributed by atoms with van der Waals surface area (Å²) in [5.74, 6) is -0.644. The number of aliphatic hydroxyl groups is 1. The second-order valence-electron chi connectivity index (χ2n) is 4.10. The zero-order chi connectivity index (χ0) is 14.0. The van der Waals surface area contributed by atoms with Crippen molar-refractivity contribution in [2.24, 2.45) is 0 Å². The number of sulfonamides is 1. The monoisotopic (exact) mass is 353 g/mol.